The molecule has 0 spiro atoms. The van der Waals surface area contributed by atoms with E-state index >= 15 is 0 Å². The van der Waals surface area contributed by atoms with Crippen LogP contribution in [0.2, 0.25) is 0 Å². The maximum Gasteiger partial charge on any atom is 0.125 e. The maximum atomic E-state index is 5.90. The summed E-state index contributed by atoms with van der Waals surface area (Å²) in [6, 6.07) is 5.26. The number of rotatable bonds is 6. The minimum atomic E-state index is 0.569. The molecule has 0 saturated heterocycles. The van der Waals surface area contributed by atoms with E-state index in [4.69, 9.17) is 4.74 Å². The van der Waals surface area contributed by atoms with E-state index < -0.39 is 0 Å². The van der Waals surface area contributed by atoms with E-state index in [0.29, 0.717) is 5.92 Å². The first-order chi connectivity index (χ1) is 8.56. The lowest BCUT2D eigenvalue weighted by Gasteiger charge is -2.15. The molecule has 1 saturated carbocycles. The van der Waals surface area contributed by atoms with Gasteiger partial charge >= 0.3 is 0 Å². The first kappa shape index (κ1) is 13.4. The molecule has 1 aliphatic rings. The second-order valence-corrected chi connectivity index (χ2v) is 5.92. The SMILES string of the molecule is Cc1cc(CNC2CC2)cc(C)c1OCC(C)C. The zero-order valence-electron chi connectivity index (χ0n) is 12.0. The van der Waals surface area contributed by atoms with Crippen LogP contribution in [0.15, 0.2) is 12.1 Å². The summed E-state index contributed by atoms with van der Waals surface area (Å²) >= 11 is 0. The molecule has 1 N–H and O–H groups in total. The molecular weight excluding hydrogens is 222 g/mol. The van der Waals surface area contributed by atoms with Gasteiger partial charge in [-0.05, 0) is 49.3 Å². The predicted octanol–water partition coefficient (Wildman–Crippen LogP) is 3.59. The van der Waals surface area contributed by atoms with Crippen molar-refractivity contribution in [1.29, 1.82) is 0 Å². The Labute approximate surface area is 111 Å². The van der Waals surface area contributed by atoms with Crippen LogP contribution in [0.3, 0.4) is 0 Å². The quantitative estimate of drug-likeness (QED) is 0.829. The van der Waals surface area contributed by atoms with Crippen LogP contribution in [0, 0.1) is 19.8 Å². The van der Waals surface area contributed by atoms with E-state index in [1.54, 1.807) is 0 Å². The Morgan fingerprint density at radius 2 is 1.83 bits per heavy atom. The second kappa shape index (κ2) is 5.75. The molecule has 0 aliphatic heterocycles. The molecule has 18 heavy (non-hydrogen) atoms. The third-order valence-electron chi connectivity index (χ3n) is 3.25. The predicted molar refractivity (Wildman–Crippen MR) is 76.1 cm³/mol. The number of benzene rings is 1. The fourth-order valence-electron chi connectivity index (χ4n) is 2.17. The highest BCUT2D eigenvalue weighted by molar-refractivity contribution is 5.43. The Morgan fingerprint density at radius 1 is 1.22 bits per heavy atom. The van der Waals surface area contributed by atoms with Crippen molar-refractivity contribution in [2.75, 3.05) is 6.61 Å². The highest BCUT2D eigenvalue weighted by Gasteiger charge is 2.20. The number of hydrogen-bond acceptors (Lipinski definition) is 2. The number of hydrogen-bond donors (Lipinski definition) is 1. The lowest BCUT2D eigenvalue weighted by molar-refractivity contribution is 0.267. The van der Waals surface area contributed by atoms with Gasteiger partial charge in [-0.1, -0.05) is 26.0 Å². The van der Waals surface area contributed by atoms with Gasteiger partial charge in [-0.3, -0.25) is 0 Å². The minimum absolute atomic E-state index is 0.569. The first-order valence-corrected chi connectivity index (χ1v) is 7.02. The average Bonchev–Trinajstić information content (AvgIpc) is 3.08. The average molecular weight is 247 g/mol. The maximum absolute atomic E-state index is 5.90. The smallest absolute Gasteiger partial charge is 0.125 e. The van der Waals surface area contributed by atoms with Crippen LogP contribution in [0.25, 0.3) is 0 Å². The Hall–Kier alpha value is -1.02. The molecular formula is C16H25NO. The van der Waals surface area contributed by atoms with E-state index in [0.717, 1.165) is 24.9 Å². The Balaban J connectivity index is 2.02. The van der Waals surface area contributed by atoms with Crippen molar-refractivity contribution in [2.24, 2.45) is 5.92 Å². The van der Waals surface area contributed by atoms with Crippen molar-refractivity contribution in [3.05, 3.63) is 28.8 Å². The van der Waals surface area contributed by atoms with Crippen LogP contribution in [0.5, 0.6) is 5.75 Å². The van der Waals surface area contributed by atoms with Crippen molar-refractivity contribution >= 4 is 0 Å². The summed E-state index contributed by atoms with van der Waals surface area (Å²) in [5.41, 5.74) is 3.88. The van der Waals surface area contributed by atoms with Gasteiger partial charge in [0.05, 0.1) is 6.61 Å². The van der Waals surface area contributed by atoms with Gasteiger partial charge in [0.1, 0.15) is 5.75 Å². The van der Waals surface area contributed by atoms with Crippen molar-refractivity contribution in [3.63, 3.8) is 0 Å². The van der Waals surface area contributed by atoms with Crippen LogP contribution < -0.4 is 10.1 Å². The summed E-state index contributed by atoms with van der Waals surface area (Å²) in [6.07, 6.45) is 2.68. The summed E-state index contributed by atoms with van der Waals surface area (Å²) in [7, 11) is 0. The summed E-state index contributed by atoms with van der Waals surface area (Å²) in [4.78, 5) is 0. The summed E-state index contributed by atoms with van der Waals surface area (Å²) < 4.78 is 5.90. The molecule has 0 atom stereocenters. The Bertz CT molecular complexity index is 385. The normalized spacial score (nSPS) is 15.2. The first-order valence-electron chi connectivity index (χ1n) is 7.02. The number of ether oxygens (including phenoxy) is 1. The van der Waals surface area contributed by atoms with Gasteiger partial charge in [-0.2, -0.15) is 0 Å². The van der Waals surface area contributed by atoms with Crippen LogP contribution in [0.1, 0.15) is 43.4 Å². The van der Waals surface area contributed by atoms with Crippen LogP contribution in [-0.4, -0.2) is 12.6 Å². The Morgan fingerprint density at radius 3 is 2.33 bits per heavy atom. The third-order valence-corrected chi connectivity index (χ3v) is 3.25. The van der Waals surface area contributed by atoms with E-state index in [1.807, 2.05) is 0 Å². The van der Waals surface area contributed by atoms with Gasteiger partial charge in [-0.25, -0.2) is 0 Å². The van der Waals surface area contributed by atoms with Crippen LogP contribution in [-0.2, 0) is 6.54 Å². The van der Waals surface area contributed by atoms with Gasteiger partial charge in [0.25, 0.3) is 0 Å². The van der Waals surface area contributed by atoms with Gasteiger partial charge < -0.3 is 10.1 Å². The zero-order chi connectivity index (χ0) is 13.1. The Kier molecular flexibility index (Phi) is 4.28. The van der Waals surface area contributed by atoms with E-state index in [-0.39, 0.29) is 0 Å². The summed E-state index contributed by atoms with van der Waals surface area (Å²) in [5.74, 6) is 1.64. The molecule has 0 bridgehead atoms. The summed E-state index contributed by atoms with van der Waals surface area (Å²) in [5, 5.41) is 3.56. The molecule has 0 heterocycles. The molecule has 100 valence electrons. The largest absolute Gasteiger partial charge is 0.493 e. The van der Waals surface area contributed by atoms with Gasteiger partial charge in [-0.15, -0.1) is 0 Å². The van der Waals surface area contributed by atoms with E-state index in [2.05, 4.69) is 45.1 Å². The molecule has 1 aromatic carbocycles. The fraction of sp³-hybridized carbons (Fsp3) is 0.625. The van der Waals surface area contributed by atoms with Crippen LogP contribution >= 0.6 is 0 Å². The van der Waals surface area contributed by atoms with Crippen molar-refractivity contribution < 1.29 is 4.74 Å². The molecule has 1 aromatic rings. The highest BCUT2D eigenvalue weighted by atomic mass is 16.5. The minimum Gasteiger partial charge on any atom is -0.493 e. The van der Waals surface area contributed by atoms with E-state index in [1.165, 1.54) is 29.5 Å². The van der Waals surface area contributed by atoms with E-state index in [9.17, 15) is 0 Å². The topological polar surface area (TPSA) is 21.3 Å². The summed E-state index contributed by atoms with van der Waals surface area (Å²) in [6.45, 7) is 10.4. The molecule has 2 heteroatoms. The molecule has 0 amide bonds. The second-order valence-electron chi connectivity index (χ2n) is 5.92. The molecule has 0 unspecified atom stereocenters. The van der Waals surface area contributed by atoms with Crippen LogP contribution in [0.4, 0.5) is 0 Å². The van der Waals surface area contributed by atoms with Gasteiger partial charge in [0, 0.05) is 12.6 Å². The lowest BCUT2D eigenvalue weighted by Crippen LogP contribution is -2.15. The molecule has 2 rings (SSSR count). The van der Waals surface area contributed by atoms with Crippen molar-refractivity contribution in [1.82, 2.24) is 5.32 Å². The third kappa shape index (κ3) is 3.74. The highest BCUT2D eigenvalue weighted by Crippen LogP contribution is 2.26. The van der Waals surface area contributed by atoms with Gasteiger partial charge in [0.2, 0.25) is 0 Å². The number of nitrogens with one attached hydrogen (secondary N) is 1. The number of aryl methyl sites for hydroxylation is 2. The standard InChI is InChI=1S/C16H25NO/c1-11(2)10-18-16-12(3)7-14(8-13(16)4)9-17-15-5-6-15/h7-8,11,15,17H,5-6,9-10H2,1-4H3. The lowest BCUT2D eigenvalue weighted by atomic mass is 10.1. The molecule has 1 fully saturated rings. The van der Waals surface area contributed by atoms with Crippen molar-refractivity contribution in [3.8, 4) is 5.75 Å². The van der Waals surface area contributed by atoms with Gasteiger partial charge in [0.15, 0.2) is 0 Å². The van der Waals surface area contributed by atoms with Crippen molar-refractivity contribution in [2.45, 2.75) is 53.1 Å². The molecule has 0 radical (unpaired) electrons. The zero-order valence-corrected chi connectivity index (χ0v) is 12.0. The fourth-order valence-corrected chi connectivity index (χ4v) is 2.17. The molecule has 0 aromatic heterocycles. The monoisotopic (exact) mass is 247 g/mol. The molecule has 2 nitrogen and oxygen atoms in total. The molecule has 1 aliphatic carbocycles.